The first-order valence-corrected chi connectivity index (χ1v) is 4.45. The molecule has 0 aromatic heterocycles. The van der Waals surface area contributed by atoms with Gasteiger partial charge in [0.15, 0.2) is 0 Å². The minimum Gasteiger partial charge on any atom is -0.396 e. The Labute approximate surface area is 76.4 Å². The maximum Gasteiger partial charge on any atom is 0.125 e. The summed E-state index contributed by atoms with van der Waals surface area (Å²) in [5, 5.41) is 12.2. The zero-order chi connectivity index (χ0) is 9.26. The number of fused-ring (bicyclic) bond motifs is 1. The Morgan fingerprint density at radius 2 is 2.38 bits per heavy atom. The molecule has 2 nitrogen and oxygen atoms in total. The Morgan fingerprint density at radius 1 is 1.54 bits per heavy atom. The quantitative estimate of drug-likeness (QED) is 0.691. The summed E-state index contributed by atoms with van der Waals surface area (Å²) in [7, 11) is 0. The van der Waals surface area contributed by atoms with E-state index in [-0.39, 0.29) is 18.3 Å². The molecule has 0 saturated carbocycles. The topological polar surface area (TPSA) is 32.3 Å². The van der Waals surface area contributed by atoms with E-state index in [1.807, 2.05) is 0 Å². The van der Waals surface area contributed by atoms with Crippen LogP contribution in [0, 0.1) is 5.82 Å². The minimum atomic E-state index is -0.232. The van der Waals surface area contributed by atoms with Crippen molar-refractivity contribution < 1.29 is 9.50 Å². The summed E-state index contributed by atoms with van der Waals surface area (Å²) >= 11 is 0. The molecule has 2 N–H and O–H groups in total. The van der Waals surface area contributed by atoms with E-state index in [2.05, 4.69) is 5.32 Å². The Bertz CT molecular complexity index is 314. The van der Waals surface area contributed by atoms with Gasteiger partial charge in [-0.05, 0) is 24.1 Å². The van der Waals surface area contributed by atoms with Crippen LogP contribution in [-0.4, -0.2) is 18.3 Å². The highest BCUT2D eigenvalue weighted by Gasteiger charge is 2.18. The van der Waals surface area contributed by atoms with Crippen molar-refractivity contribution >= 4 is 5.69 Å². The summed E-state index contributed by atoms with van der Waals surface area (Å²) < 4.78 is 12.8. The third-order valence-corrected chi connectivity index (χ3v) is 2.48. The molecule has 2 rings (SSSR count). The summed E-state index contributed by atoms with van der Waals surface area (Å²) in [6.07, 6.45) is 0.912. The first kappa shape index (κ1) is 8.51. The van der Waals surface area contributed by atoms with Gasteiger partial charge in [-0.3, -0.25) is 0 Å². The van der Waals surface area contributed by atoms with Crippen molar-refractivity contribution in [2.24, 2.45) is 0 Å². The van der Waals surface area contributed by atoms with Gasteiger partial charge < -0.3 is 10.4 Å². The summed E-state index contributed by atoms with van der Waals surface area (Å²) in [5.74, 6) is -0.0679. The predicted molar refractivity (Wildman–Crippen MR) is 49.3 cm³/mol. The van der Waals surface area contributed by atoms with Gasteiger partial charge in [0, 0.05) is 18.2 Å². The number of hydrogen-bond donors (Lipinski definition) is 2. The van der Waals surface area contributed by atoms with Crippen molar-refractivity contribution in [2.45, 2.75) is 12.3 Å². The molecule has 0 radical (unpaired) electrons. The maximum atomic E-state index is 12.8. The number of nitrogens with one attached hydrogen (secondary N) is 1. The van der Waals surface area contributed by atoms with E-state index in [1.165, 1.54) is 12.1 Å². The lowest BCUT2D eigenvalue weighted by Crippen LogP contribution is -2.19. The number of anilines is 1. The molecule has 70 valence electrons. The van der Waals surface area contributed by atoms with Gasteiger partial charge in [-0.1, -0.05) is 6.07 Å². The molecule has 1 heterocycles. The maximum absolute atomic E-state index is 12.8. The van der Waals surface area contributed by atoms with E-state index in [4.69, 9.17) is 5.11 Å². The third-order valence-electron chi connectivity index (χ3n) is 2.48. The van der Waals surface area contributed by atoms with Gasteiger partial charge in [-0.2, -0.15) is 0 Å². The van der Waals surface area contributed by atoms with Crippen LogP contribution < -0.4 is 5.32 Å². The molecule has 13 heavy (non-hydrogen) atoms. The Kier molecular flexibility index (Phi) is 2.19. The van der Waals surface area contributed by atoms with Crippen LogP contribution in [0.4, 0.5) is 10.1 Å². The molecule has 3 heteroatoms. The summed E-state index contributed by atoms with van der Waals surface area (Å²) in [6.45, 7) is 0.946. The first-order chi connectivity index (χ1) is 6.31. The van der Waals surface area contributed by atoms with Crippen LogP contribution in [0.3, 0.4) is 0 Å². The van der Waals surface area contributed by atoms with E-state index in [9.17, 15) is 4.39 Å². The highest BCUT2D eigenvalue weighted by molar-refractivity contribution is 5.55. The normalized spacial score (nSPS) is 20.6. The zero-order valence-electron chi connectivity index (χ0n) is 7.26. The molecule has 0 fully saturated rings. The van der Waals surface area contributed by atoms with Crippen LogP contribution in [0.5, 0.6) is 0 Å². The summed E-state index contributed by atoms with van der Waals surface area (Å²) in [4.78, 5) is 0. The highest BCUT2D eigenvalue weighted by Crippen LogP contribution is 2.31. The van der Waals surface area contributed by atoms with Gasteiger partial charge in [0.1, 0.15) is 5.82 Å². The third kappa shape index (κ3) is 1.52. The van der Waals surface area contributed by atoms with Crippen LogP contribution in [-0.2, 0) is 0 Å². The largest absolute Gasteiger partial charge is 0.396 e. The molecular formula is C10H12FNO. The number of rotatable bonds is 1. The lowest BCUT2D eigenvalue weighted by molar-refractivity contribution is 0.259. The molecule has 1 aliphatic rings. The van der Waals surface area contributed by atoms with Crippen molar-refractivity contribution in [3.05, 3.63) is 29.6 Å². The van der Waals surface area contributed by atoms with Crippen LogP contribution in [0.15, 0.2) is 18.2 Å². The van der Waals surface area contributed by atoms with E-state index >= 15 is 0 Å². The average Bonchev–Trinajstić information content (AvgIpc) is 2.16. The predicted octanol–water partition coefficient (Wildman–Crippen LogP) is 1.72. The number of aliphatic hydroxyl groups excluding tert-OH is 1. The molecule has 1 aromatic rings. The van der Waals surface area contributed by atoms with E-state index in [0.717, 1.165) is 24.2 Å². The summed E-state index contributed by atoms with van der Waals surface area (Å²) in [5.41, 5.74) is 1.85. The van der Waals surface area contributed by atoms with E-state index in [1.54, 1.807) is 6.07 Å². The lowest BCUT2D eigenvalue weighted by Gasteiger charge is -2.25. The fourth-order valence-electron chi connectivity index (χ4n) is 1.76. The van der Waals surface area contributed by atoms with Crippen LogP contribution in [0.25, 0.3) is 0 Å². The highest BCUT2D eigenvalue weighted by atomic mass is 19.1. The molecule has 0 bridgehead atoms. The van der Waals surface area contributed by atoms with Crippen molar-refractivity contribution in [1.29, 1.82) is 0 Å². The van der Waals surface area contributed by atoms with Crippen LogP contribution in [0.2, 0.25) is 0 Å². The van der Waals surface area contributed by atoms with Gasteiger partial charge in [0.05, 0.1) is 6.61 Å². The molecule has 1 aromatic carbocycles. The lowest BCUT2D eigenvalue weighted by atomic mass is 9.92. The van der Waals surface area contributed by atoms with Crippen LogP contribution in [0.1, 0.15) is 17.9 Å². The molecule has 0 saturated heterocycles. The second-order valence-electron chi connectivity index (χ2n) is 3.33. The number of benzene rings is 1. The summed E-state index contributed by atoms with van der Waals surface area (Å²) in [6, 6.07) is 4.67. The number of halogens is 1. The van der Waals surface area contributed by atoms with Crippen molar-refractivity contribution in [2.75, 3.05) is 18.5 Å². The Balaban J connectivity index is 2.40. The molecule has 0 unspecified atom stereocenters. The molecule has 1 aliphatic heterocycles. The second kappa shape index (κ2) is 3.34. The SMILES string of the molecule is OC[C@@H]1CCNc2cc(F)ccc21. The van der Waals surface area contributed by atoms with Gasteiger partial charge >= 0.3 is 0 Å². The molecule has 0 aliphatic carbocycles. The van der Waals surface area contributed by atoms with Crippen LogP contribution >= 0.6 is 0 Å². The average molecular weight is 181 g/mol. The van der Waals surface area contributed by atoms with Gasteiger partial charge in [0.25, 0.3) is 0 Å². The Morgan fingerprint density at radius 3 is 3.15 bits per heavy atom. The van der Waals surface area contributed by atoms with Gasteiger partial charge in [-0.15, -0.1) is 0 Å². The molecule has 1 atom stereocenters. The van der Waals surface area contributed by atoms with Gasteiger partial charge in [0.2, 0.25) is 0 Å². The van der Waals surface area contributed by atoms with E-state index in [0.29, 0.717) is 0 Å². The zero-order valence-corrected chi connectivity index (χ0v) is 7.26. The van der Waals surface area contributed by atoms with Crippen molar-refractivity contribution in [3.63, 3.8) is 0 Å². The number of hydrogen-bond acceptors (Lipinski definition) is 2. The molecular weight excluding hydrogens is 169 g/mol. The Hall–Kier alpha value is -1.09. The van der Waals surface area contributed by atoms with Crippen molar-refractivity contribution in [1.82, 2.24) is 0 Å². The van der Waals surface area contributed by atoms with Gasteiger partial charge in [-0.25, -0.2) is 4.39 Å². The fraction of sp³-hybridized carbons (Fsp3) is 0.400. The van der Waals surface area contributed by atoms with Crippen molar-refractivity contribution in [3.8, 4) is 0 Å². The number of aliphatic hydroxyl groups is 1. The smallest absolute Gasteiger partial charge is 0.125 e. The first-order valence-electron chi connectivity index (χ1n) is 4.45. The fourth-order valence-corrected chi connectivity index (χ4v) is 1.76. The minimum absolute atomic E-state index is 0.139. The molecule has 0 spiro atoms. The standard InChI is InChI=1S/C10H12FNO/c11-8-1-2-9-7(6-13)3-4-12-10(9)5-8/h1-2,5,7,12-13H,3-4,6H2/t7-/m0/s1. The monoisotopic (exact) mass is 181 g/mol. The van der Waals surface area contributed by atoms with E-state index < -0.39 is 0 Å². The second-order valence-corrected chi connectivity index (χ2v) is 3.33. The molecule has 0 amide bonds.